The summed E-state index contributed by atoms with van der Waals surface area (Å²) in [7, 11) is 0. The third kappa shape index (κ3) is 33.1. The minimum Gasteiger partial charge on any atom is -0.394 e. The van der Waals surface area contributed by atoms with Crippen LogP contribution in [0, 0.1) is 0 Å². The second-order valence-electron chi connectivity index (χ2n) is 25.3. The molecule has 3 saturated heterocycles. The van der Waals surface area contributed by atoms with E-state index < -0.39 is 124 Å². The minimum atomic E-state index is -1.98. The van der Waals surface area contributed by atoms with Crippen molar-refractivity contribution in [2.75, 3.05) is 26.4 Å². The van der Waals surface area contributed by atoms with Crippen LogP contribution in [0.25, 0.3) is 0 Å². The first-order valence-corrected chi connectivity index (χ1v) is 35.1. The Kier molecular flexibility index (Phi) is 46.4. The molecule has 17 unspecified atom stereocenters. The molecule has 0 aliphatic carbocycles. The fraction of sp³-hybridized carbons (Fsp3) is 0.926. The van der Waals surface area contributed by atoms with E-state index in [1.165, 1.54) is 199 Å². The van der Waals surface area contributed by atoms with Gasteiger partial charge in [0.25, 0.3) is 0 Å². The normalized spacial score (nSPS) is 28.7. The monoisotopic (exact) mass is 1250 g/mol. The maximum Gasteiger partial charge on any atom is 0.220 e. The molecule has 0 radical (unpaired) electrons. The Labute approximate surface area is 524 Å². The second kappa shape index (κ2) is 50.8. The molecule has 3 aliphatic heterocycles. The van der Waals surface area contributed by atoms with Gasteiger partial charge in [-0.3, -0.25) is 4.79 Å². The van der Waals surface area contributed by atoms with E-state index in [9.17, 15) is 61.0 Å². The molecule has 512 valence electrons. The van der Waals surface area contributed by atoms with E-state index in [1.807, 2.05) is 6.08 Å². The van der Waals surface area contributed by atoms with Gasteiger partial charge in [-0.1, -0.05) is 256 Å². The summed E-state index contributed by atoms with van der Waals surface area (Å²) in [5.74, 6) is -0.281. The topological polar surface area (TPSA) is 307 Å². The van der Waals surface area contributed by atoms with Crippen LogP contribution < -0.4 is 5.32 Å². The Morgan fingerprint density at radius 1 is 0.402 bits per heavy atom. The first-order chi connectivity index (χ1) is 42.3. The highest BCUT2D eigenvalue weighted by Gasteiger charge is 2.53. The molecule has 0 spiro atoms. The van der Waals surface area contributed by atoms with Crippen LogP contribution in [0.2, 0.25) is 0 Å². The quantitative estimate of drug-likeness (QED) is 0.0200. The number of carbonyl (C=O) groups is 1. The van der Waals surface area contributed by atoms with E-state index in [0.29, 0.717) is 12.8 Å². The molecule has 3 heterocycles. The first-order valence-electron chi connectivity index (χ1n) is 35.1. The lowest BCUT2D eigenvalue weighted by atomic mass is 9.96. The van der Waals surface area contributed by atoms with Gasteiger partial charge in [0.05, 0.1) is 38.6 Å². The number of aliphatic hydroxyl groups is 11. The zero-order chi connectivity index (χ0) is 63.3. The second-order valence-corrected chi connectivity index (χ2v) is 25.3. The summed E-state index contributed by atoms with van der Waals surface area (Å²) < 4.78 is 34.3. The third-order valence-electron chi connectivity index (χ3n) is 17.8. The number of carbonyl (C=O) groups excluding carboxylic acids is 1. The molecule has 0 aromatic carbocycles. The number of hydrogen-bond donors (Lipinski definition) is 12. The van der Waals surface area contributed by atoms with Gasteiger partial charge in [-0.25, -0.2) is 0 Å². The predicted octanol–water partition coefficient (Wildman–Crippen LogP) is 9.05. The van der Waals surface area contributed by atoms with E-state index in [0.717, 1.165) is 38.5 Å². The molecule has 1 amide bonds. The number of aliphatic hydroxyl groups excluding tert-OH is 11. The molecular formula is C68H127NO18. The number of allylic oxidation sites excluding steroid dienone is 3. The number of unbranched alkanes of at least 4 members (excludes halogenated alkanes) is 36. The van der Waals surface area contributed by atoms with Crippen molar-refractivity contribution < 1.29 is 89.4 Å². The Balaban J connectivity index is 1.44. The van der Waals surface area contributed by atoms with Crippen LogP contribution in [0.15, 0.2) is 24.3 Å². The van der Waals surface area contributed by atoms with Crippen LogP contribution in [0.5, 0.6) is 0 Å². The smallest absolute Gasteiger partial charge is 0.220 e. The lowest BCUT2D eigenvalue weighted by Gasteiger charge is -2.48. The zero-order valence-electron chi connectivity index (χ0n) is 54.0. The SMILES string of the molecule is CCCCCCCCCCCCCCCCCCCCCC/C=C/CC/C=C/C(O)C(COC1OC(CO)C(OC2OC(CO)C(OC3OC(CO)C(O)C(O)C3O)C(O)C2O)C(O)C1O)NC(=O)CCCCCCCCCCCCCCCCCC. The Morgan fingerprint density at radius 3 is 1.15 bits per heavy atom. The van der Waals surface area contributed by atoms with Crippen LogP contribution in [0.1, 0.15) is 271 Å². The van der Waals surface area contributed by atoms with Gasteiger partial charge in [0.2, 0.25) is 5.91 Å². The molecule has 12 N–H and O–H groups in total. The molecule has 19 nitrogen and oxygen atoms in total. The molecule has 87 heavy (non-hydrogen) atoms. The summed E-state index contributed by atoms with van der Waals surface area (Å²) >= 11 is 0. The molecule has 3 aliphatic rings. The van der Waals surface area contributed by atoms with Gasteiger partial charge < -0.3 is 89.9 Å². The highest BCUT2D eigenvalue weighted by atomic mass is 16.8. The van der Waals surface area contributed by atoms with Crippen LogP contribution >= 0.6 is 0 Å². The van der Waals surface area contributed by atoms with E-state index >= 15 is 0 Å². The fourth-order valence-electron chi connectivity index (χ4n) is 12.0. The van der Waals surface area contributed by atoms with Crippen molar-refractivity contribution in [1.82, 2.24) is 5.32 Å². The molecular weight excluding hydrogens is 1120 g/mol. The van der Waals surface area contributed by atoms with E-state index in [-0.39, 0.29) is 18.9 Å². The van der Waals surface area contributed by atoms with Gasteiger partial charge in [0, 0.05) is 6.42 Å². The van der Waals surface area contributed by atoms with Crippen LogP contribution in [0.3, 0.4) is 0 Å². The van der Waals surface area contributed by atoms with Crippen molar-refractivity contribution in [3.05, 3.63) is 24.3 Å². The summed E-state index contributed by atoms with van der Waals surface area (Å²) in [6.07, 6.45) is 30.2. The average Bonchev–Trinajstić information content (AvgIpc) is 1.14. The lowest BCUT2D eigenvalue weighted by molar-refractivity contribution is -0.379. The zero-order valence-corrected chi connectivity index (χ0v) is 54.0. The number of amides is 1. The summed E-state index contributed by atoms with van der Waals surface area (Å²) in [5.41, 5.74) is 0. The maximum absolute atomic E-state index is 13.4. The van der Waals surface area contributed by atoms with Gasteiger partial charge in [-0.05, 0) is 32.1 Å². The van der Waals surface area contributed by atoms with Crippen molar-refractivity contribution in [1.29, 1.82) is 0 Å². The Bertz CT molecular complexity index is 1680. The Hall–Kier alpha value is -1.73. The molecule has 0 aromatic rings. The molecule has 3 rings (SSSR count). The number of rotatable bonds is 54. The first kappa shape index (κ1) is 79.5. The van der Waals surface area contributed by atoms with Gasteiger partial charge in [0.15, 0.2) is 18.9 Å². The van der Waals surface area contributed by atoms with Gasteiger partial charge >= 0.3 is 0 Å². The van der Waals surface area contributed by atoms with Crippen LogP contribution in [-0.4, -0.2) is 193 Å². The van der Waals surface area contributed by atoms with Crippen molar-refractivity contribution in [2.45, 2.75) is 375 Å². The largest absolute Gasteiger partial charge is 0.394 e. The van der Waals surface area contributed by atoms with Crippen molar-refractivity contribution in [2.24, 2.45) is 0 Å². The number of nitrogens with one attached hydrogen (secondary N) is 1. The average molecular weight is 1250 g/mol. The summed E-state index contributed by atoms with van der Waals surface area (Å²) in [6.45, 7) is 1.74. The molecule has 3 fully saturated rings. The number of ether oxygens (including phenoxy) is 6. The Morgan fingerprint density at radius 2 is 0.736 bits per heavy atom. The maximum atomic E-state index is 13.4. The predicted molar refractivity (Wildman–Crippen MR) is 337 cm³/mol. The summed E-state index contributed by atoms with van der Waals surface area (Å²) in [6, 6.07) is -0.986. The van der Waals surface area contributed by atoms with Crippen LogP contribution in [0.4, 0.5) is 0 Å². The van der Waals surface area contributed by atoms with Gasteiger partial charge in [-0.15, -0.1) is 0 Å². The standard InChI is InChI=1S/C68H127NO18/c1-3-5-7-9-11-13-15-17-19-21-22-23-24-25-26-27-28-29-30-31-33-35-37-39-41-43-45-52(73)51(69-56(74)46-44-42-40-38-36-34-32-20-18-16-14-12-10-8-6-4-2)50-82-66-62(80)59(77)64(54(48-71)84-66)87-68-63(81)60(78)65(55(49-72)85-68)86-67-61(79)58(76)57(75)53(47-70)83-67/h35,37,43,45,51-55,57-68,70-73,75-81H,3-34,36,38-42,44,46-50H2,1-2H3,(H,69,74)/b37-35+,45-43+. The summed E-state index contributed by atoms with van der Waals surface area (Å²) in [4.78, 5) is 13.4. The van der Waals surface area contributed by atoms with Gasteiger partial charge in [0.1, 0.15) is 73.2 Å². The van der Waals surface area contributed by atoms with Crippen molar-refractivity contribution in [3.63, 3.8) is 0 Å². The highest BCUT2D eigenvalue weighted by Crippen LogP contribution is 2.33. The third-order valence-corrected chi connectivity index (χ3v) is 17.8. The molecule has 19 heteroatoms. The van der Waals surface area contributed by atoms with E-state index in [1.54, 1.807) is 6.08 Å². The molecule has 0 saturated carbocycles. The van der Waals surface area contributed by atoms with Crippen LogP contribution in [-0.2, 0) is 33.2 Å². The fourth-order valence-corrected chi connectivity index (χ4v) is 12.0. The highest BCUT2D eigenvalue weighted by molar-refractivity contribution is 5.76. The van der Waals surface area contributed by atoms with E-state index in [4.69, 9.17) is 28.4 Å². The number of hydrogen-bond acceptors (Lipinski definition) is 18. The lowest BCUT2D eigenvalue weighted by Crippen LogP contribution is -2.66. The van der Waals surface area contributed by atoms with E-state index in [2.05, 4.69) is 31.3 Å². The summed E-state index contributed by atoms with van der Waals surface area (Å²) in [5, 5.41) is 120. The van der Waals surface area contributed by atoms with Crippen molar-refractivity contribution in [3.8, 4) is 0 Å². The molecule has 0 bridgehead atoms. The minimum absolute atomic E-state index is 0.240. The molecule has 17 atom stereocenters. The molecule has 0 aromatic heterocycles. The van der Waals surface area contributed by atoms with Crippen molar-refractivity contribution >= 4 is 5.91 Å². The van der Waals surface area contributed by atoms with Gasteiger partial charge in [-0.2, -0.15) is 0 Å².